The molecule has 0 radical (unpaired) electrons. The van der Waals surface area contributed by atoms with E-state index in [2.05, 4.69) is 84.1 Å². The number of ether oxygens (including phenoxy) is 1. The van der Waals surface area contributed by atoms with Crippen LogP contribution in [0, 0.1) is 13.8 Å². The van der Waals surface area contributed by atoms with Gasteiger partial charge in [0.05, 0.1) is 14.6 Å². The molecule has 3 aromatic carbocycles. The summed E-state index contributed by atoms with van der Waals surface area (Å²) in [5.41, 5.74) is 8.21. The monoisotopic (exact) mass is 553 g/mol. The number of hydrogen-bond acceptors (Lipinski definition) is 3. The number of hydrogen-bond donors (Lipinski definition) is 2. The van der Waals surface area contributed by atoms with Gasteiger partial charge in [0.1, 0.15) is 6.10 Å². The summed E-state index contributed by atoms with van der Waals surface area (Å²) in [5.74, 6) is 4.59. The van der Waals surface area contributed by atoms with Crippen LogP contribution in [0.15, 0.2) is 90.8 Å². The molecular formula is C34H39N3O2S. The lowest BCUT2D eigenvalue weighted by Gasteiger charge is -2.18. The molecule has 1 unspecified atom stereocenters. The van der Waals surface area contributed by atoms with Gasteiger partial charge in [-0.15, -0.1) is 0 Å². The molecule has 2 N–H and O–H groups in total. The van der Waals surface area contributed by atoms with Crippen molar-refractivity contribution in [1.82, 2.24) is 9.29 Å². The summed E-state index contributed by atoms with van der Waals surface area (Å²) in [6.07, 6.45) is 7.93. The van der Waals surface area contributed by atoms with Gasteiger partial charge in [-0.25, -0.2) is 4.21 Å². The van der Waals surface area contributed by atoms with Gasteiger partial charge in [0, 0.05) is 35.5 Å². The van der Waals surface area contributed by atoms with Crippen LogP contribution in [0.25, 0.3) is 16.6 Å². The van der Waals surface area contributed by atoms with Gasteiger partial charge >= 0.3 is 0 Å². The molecule has 5 nitrogen and oxygen atoms in total. The molecular weight excluding hydrogens is 514 g/mol. The summed E-state index contributed by atoms with van der Waals surface area (Å²) in [4.78, 5) is 0.697. The number of aryl methyl sites for hydroxylation is 3. The number of aromatic nitrogens is 1. The van der Waals surface area contributed by atoms with Gasteiger partial charge in [0.25, 0.3) is 0 Å². The van der Waals surface area contributed by atoms with E-state index in [0.29, 0.717) is 16.5 Å². The van der Waals surface area contributed by atoms with Gasteiger partial charge < -0.3 is 19.3 Å². The second-order valence-corrected chi connectivity index (χ2v) is 12.9. The van der Waals surface area contributed by atoms with Crippen LogP contribution in [0.4, 0.5) is 5.69 Å². The fraction of sp³-hybridized carbons (Fsp3) is 0.265. The van der Waals surface area contributed by atoms with Crippen LogP contribution < -0.4 is 10.0 Å². The minimum Gasteiger partial charge on any atom is -0.476 e. The van der Waals surface area contributed by atoms with Gasteiger partial charge in [-0.2, -0.15) is 0 Å². The van der Waals surface area contributed by atoms with Crippen LogP contribution in [-0.4, -0.2) is 20.8 Å². The van der Waals surface area contributed by atoms with Crippen LogP contribution in [0.5, 0.6) is 0 Å². The number of benzene rings is 3. The Balaban J connectivity index is 1.32. The summed E-state index contributed by atoms with van der Waals surface area (Å²) >= 11 is 0. The highest BCUT2D eigenvalue weighted by molar-refractivity contribution is 7.98. The Bertz CT molecular complexity index is 1690. The first-order chi connectivity index (χ1) is 19.1. The first-order valence-electron chi connectivity index (χ1n) is 13.8. The normalized spacial score (nSPS) is 15.1. The van der Waals surface area contributed by atoms with Gasteiger partial charge in [0.2, 0.25) is 0 Å². The molecule has 6 heteroatoms. The van der Waals surface area contributed by atoms with Crippen LogP contribution >= 0.6 is 0 Å². The zero-order valence-corrected chi connectivity index (χ0v) is 24.6. The van der Waals surface area contributed by atoms with E-state index in [1.54, 1.807) is 0 Å². The lowest BCUT2D eigenvalue weighted by molar-refractivity contribution is 0.127. The van der Waals surface area contributed by atoms with E-state index in [4.69, 9.17) is 4.74 Å². The Hall–Kier alpha value is -3.90. The standard InChI is InChI=1S/C34H39N3O2S/c1-23-11-7-10-14-34(23)40(6,38)36-25(3)28-16-15-27(24(2)19-28)20-29-22-37(5)33-18-17-30(21-32(29)33)35-26(4)39-31-12-8-9-13-31/h7,10-11,14-19,21-22,31,35H,3-4,6,8-9,12-13,20H2,1-2,5H3,(H,36,38). The Labute approximate surface area is 238 Å². The third kappa shape index (κ3) is 5.97. The second kappa shape index (κ2) is 11.3. The van der Waals surface area contributed by atoms with Crippen LogP contribution in [0.2, 0.25) is 0 Å². The fourth-order valence-electron chi connectivity index (χ4n) is 5.62. The van der Waals surface area contributed by atoms with E-state index in [-0.39, 0.29) is 6.10 Å². The molecule has 4 aromatic rings. The quantitative estimate of drug-likeness (QED) is 0.158. The molecule has 0 aliphatic heterocycles. The first kappa shape index (κ1) is 27.7. The summed E-state index contributed by atoms with van der Waals surface area (Å²) in [5, 5.41) is 4.55. The third-order valence-corrected chi connectivity index (χ3v) is 9.52. The zero-order chi connectivity index (χ0) is 28.4. The van der Waals surface area contributed by atoms with Crippen LogP contribution in [-0.2, 0) is 27.9 Å². The highest BCUT2D eigenvalue weighted by Crippen LogP contribution is 2.29. The van der Waals surface area contributed by atoms with Crippen molar-refractivity contribution >= 4 is 37.9 Å². The number of nitrogens with one attached hydrogen (secondary N) is 2. The Morgan fingerprint density at radius 1 is 1.00 bits per heavy atom. The minimum absolute atomic E-state index is 0.274. The van der Waals surface area contributed by atoms with E-state index in [9.17, 15) is 4.21 Å². The molecule has 1 aromatic heterocycles. The van der Waals surface area contributed by atoms with Gasteiger partial charge in [-0.05, 0) is 117 Å². The van der Waals surface area contributed by atoms with Crippen molar-refractivity contribution in [1.29, 1.82) is 0 Å². The topological polar surface area (TPSA) is 55.3 Å². The van der Waals surface area contributed by atoms with Crippen molar-refractivity contribution in [2.24, 2.45) is 7.05 Å². The van der Waals surface area contributed by atoms with E-state index in [1.165, 1.54) is 34.9 Å². The molecule has 5 rings (SSSR count). The summed E-state index contributed by atoms with van der Waals surface area (Å²) in [6, 6.07) is 20.3. The molecule has 0 spiro atoms. The smallest absolute Gasteiger partial charge is 0.183 e. The van der Waals surface area contributed by atoms with Crippen LogP contribution in [0.1, 0.15) is 53.5 Å². The highest BCUT2D eigenvalue weighted by atomic mass is 32.2. The van der Waals surface area contributed by atoms with Gasteiger partial charge in [0.15, 0.2) is 5.88 Å². The lowest BCUT2D eigenvalue weighted by Crippen LogP contribution is -2.22. The first-order valence-corrected chi connectivity index (χ1v) is 15.5. The lowest BCUT2D eigenvalue weighted by atomic mass is 9.97. The molecule has 0 saturated heterocycles. The summed E-state index contributed by atoms with van der Waals surface area (Å²) in [6.45, 7) is 12.3. The predicted octanol–water partition coefficient (Wildman–Crippen LogP) is 7.48. The highest BCUT2D eigenvalue weighted by Gasteiger charge is 2.18. The van der Waals surface area contributed by atoms with Crippen molar-refractivity contribution in [3.8, 4) is 0 Å². The molecule has 40 heavy (non-hydrogen) atoms. The molecule has 208 valence electrons. The van der Waals surface area contributed by atoms with E-state index >= 15 is 0 Å². The van der Waals surface area contributed by atoms with Crippen molar-refractivity contribution in [2.45, 2.75) is 57.0 Å². The van der Waals surface area contributed by atoms with Gasteiger partial charge in [-0.3, -0.25) is 0 Å². The molecule has 1 saturated carbocycles. The van der Waals surface area contributed by atoms with Crippen LogP contribution in [0.3, 0.4) is 0 Å². The second-order valence-electron chi connectivity index (χ2n) is 10.9. The molecule has 1 heterocycles. The molecule has 1 atom stereocenters. The Morgan fingerprint density at radius 3 is 2.48 bits per heavy atom. The Kier molecular flexibility index (Phi) is 7.81. The molecule has 1 aliphatic rings. The number of fused-ring (bicyclic) bond motifs is 1. The van der Waals surface area contributed by atoms with E-state index < -0.39 is 9.71 Å². The summed E-state index contributed by atoms with van der Waals surface area (Å²) in [7, 11) is -0.644. The SMILES string of the molecule is C=C(Nc1ccc2c(c1)c(Cc1ccc(C(=C)NS(=C)(=O)c3ccccc3C)cc1C)cn2C)OC1CCCC1. The number of rotatable bonds is 10. The van der Waals surface area contributed by atoms with Crippen molar-refractivity contribution in [3.05, 3.63) is 114 Å². The minimum atomic E-state index is -2.72. The molecule has 1 aliphatic carbocycles. The summed E-state index contributed by atoms with van der Waals surface area (Å²) < 4.78 is 24.7. The maximum Gasteiger partial charge on any atom is 0.183 e. The maximum atomic E-state index is 13.4. The van der Waals surface area contributed by atoms with Crippen molar-refractivity contribution < 1.29 is 8.95 Å². The molecule has 1 fully saturated rings. The van der Waals surface area contributed by atoms with Crippen molar-refractivity contribution in [3.63, 3.8) is 0 Å². The van der Waals surface area contributed by atoms with Gasteiger partial charge in [-0.1, -0.05) is 36.9 Å². The molecule has 0 amide bonds. The molecule has 0 bridgehead atoms. The Morgan fingerprint density at radius 2 is 1.75 bits per heavy atom. The average molecular weight is 554 g/mol. The third-order valence-electron chi connectivity index (χ3n) is 7.78. The average Bonchev–Trinajstić information content (AvgIpc) is 3.52. The predicted molar refractivity (Wildman–Crippen MR) is 170 cm³/mol. The zero-order valence-electron chi connectivity index (χ0n) is 23.8. The maximum absolute atomic E-state index is 13.4. The number of nitrogens with zero attached hydrogens (tertiary/aromatic N) is 1. The fourth-order valence-corrected chi connectivity index (χ4v) is 7.13. The number of anilines is 1. The van der Waals surface area contributed by atoms with E-state index in [1.807, 2.05) is 37.3 Å². The van der Waals surface area contributed by atoms with Crippen molar-refractivity contribution in [2.75, 3.05) is 5.32 Å². The van der Waals surface area contributed by atoms with E-state index in [0.717, 1.165) is 41.6 Å². The largest absolute Gasteiger partial charge is 0.476 e.